The van der Waals surface area contributed by atoms with Crippen molar-refractivity contribution < 1.29 is 24.2 Å². The minimum absolute atomic E-state index is 0.219. The molecule has 2 amide bonds. The molecule has 3 rings (SSSR count). The van der Waals surface area contributed by atoms with Crippen LogP contribution in [0.15, 0.2) is 35.2 Å². The molecule has 0 saturated carbocycles. The first-order valence-corrected chi connectivity index (χ1v) is 8.94. The highest BCUT2D eigenvalue weighted by Crippen LogP contribution is 2.33. The lowest BCUT2D eigenvalue weighted by atomic mass is 10.2. The highest BCUT2D eigenvalue weighted by Gasteiger charge is 2.36. The second-order valence-electron chi connectivity index (χ2n) is 6.02. The second kappa shape index (κ2) is 7.32. The number of aliphatic carboxylic acids is 1. The summed E-state index contributed by atoms with van der Waals surface area (Å²) in [5, 5.41) is 8.27. The summed E-state index contributed by atoms with van der Waals surface area (Å²) in [6.07, 6.45) is 1.63. The summed E-state index contributed by atoms with van der Waals surface area (Å²) >= 11 is 0.753. The van der Waals surface area contributed by atoms with E-state index < -0.39 is 23.7 Å². The van der Waals surface area contributed by atoms with Crippen LogP contribution in [0.1, 0.15) is 17.0 Å². The Morgan fingerprint density at radius 2 is 1.89 bits per heavy atom. The van der Waals surface area contributed by atoms with Gasteiger partial charge in [-0.25, -0.2) is 0 Å². The van der Waals surface area contributed by atoms with E-state index in [0.29, 0.717) is 0 Å². The highest BCUT2D eigenvalue weighted by molar-refractivity contribution is 8.18. The Morgan fingerprint density at radius 3 is 2.48 bits per heavy atom. The van der Waals surface area contributed by atoms with E-state index in [2.05, 4.69) is 0 Å². The molecule has 1 aliphatic heterocycles. The third-order valence-electron chi connectivity index (χ3n) is 4.25. The maximum Gasteiger partial charge on any atom is 0.323 e. The monoisotopic (exact) mass is 386 g/mol. The van der Waals surface area contributed by atoms with Crippen LogP contribution in [0.25, 0.3) is 11.8 Å². The summed E-state index contributed by atoms with van der Waals surface area (Å²) < 4.78 is 7.22. The van der Waals surface area contributed by atoms with Crippen LogP contribution in [0.2, 0.25) is 0 Å². The molecular formula is C19H18N2O5S. The number of hydrogen-bond donors (Lipinski definition) is 1. The first-order valence-electron chi connectivity index (χ1n) is 8.12. The first-order chi connectivity index (χ1) is 12.8. The topological polar surface area (TPSA) is 88.8 Å². The predicted octanol–water partition coefficient (Wildman–Crippen LogP) is 3.22. The lowest BCUT2D eigenvalue weighted by Gasteiger charge is -2.10. The minimum Gasteiger partial charge on any atom is -0.497 e. The number of carboxylic acid groups (broad SMARTS) is 1. The van der Waals surface area contributed by atoms with E-state index in [-0.39, 0.29) is 4.91 Å². The number of carboxylic acids is 1. The number of hydrogen-bond acceptors (Lipinski definition) is 5. The van der Waals surface area contributed by atoms with Gasteiger partial charge in [-0.1, -0.05) is 0 Å². The SMILES string of the molecule is COc1ccc(-n2c(C)cc(/C=C3/SC(=O)N(CC(=O)O)C3=O)c2C)cc1. The lowest BCUT2D eigenvalue weighted by molar-refractivity contribution is -0.140. The molecule has 1 aromatic carbocycles. The van der Waals surface area contributed by atoms with Crippen molar-refractivity contribution in [2.24, 2.45) is 0 Å². The van der Waals surface area contributed by atoms with Crippen LogP contribution in [0.5, 0.6) is 5.75 Å². The van der Waals surface area contributed by atoms with Crippen LogP contribution in [-0.2, 0) is 9.59 Å². The normalized spacial score (nSPS) is 15.7. The van der Waals surface area contributed by atoms with Gasteiger partial charge >= 0.3 is 5.97 Å². The minimum atomic E-state index is -1.23. The van der Waals surface area contributed by atoms with E-state index in [9.17, 15) is 14.4 Å². The molecule has 0 spiro atoms. The molecule has 0 atom stereocenters. The lowest BCUT2D eigenvalue weighted by Crippen LogP contribution is -2.33. The Morgan fingerprint density at radius 1 is 1.22 bits per heavy atom. The van der Waals surface area contributed by atoms with Crippen molar-refractivity contribution in [2.75, 3.05) is 13.7 Å². The zero-order valence-electron chi connectivity index (χ0n) is 15.1. The molecule has 2 aromatic rings. The summed E-state index contributed by atoms with van der Waals surface area (Å²) in [7, 11) is 1.61. The van der Waals surface area contributed by atoms with Gasteiger partial charge in [0.15, 0.2) is 0 Å². The maximum atomic E-state index is 12.3. The molecule has 1 fully saturated rings. The van der Waals surface area contributed by atoms with Gasteiger partial charge < -0.3 is 14.4 Å². The van der Waals surface area contributed by atoms with Gasteiger partial charge in [-0.3, -0.25) is 19.3 Å². The second-order valence-corrected chi connectivity index (χ2v) is 7.01. The van der Waals surface area contributed by atoms with E-state index in [1.165, 1.54) is 0 Å². The number of ether oxygens (including phenoxy) is 1. The van der Waals surface area contributed by atoms with Crippen molar-refractivity contribution in [1.82, 2.24) is 9.47 Å². The van der Waals surface area contributed by atoms with Crippen molar-refractivity contribution >= 4 is 35.0 Å². The Kier molecular flexibility index (Phi) is 5.09. The molecule has 1 saturated heterocycles. The number of rotatable bonds is 5. The van der Waals surface area contributed by atoms with Crippen molar-refractivity contribution in [3.8, 4) is 11.4 Å². The average Bonchev–Trinajstić information content (AvgIpc) is 3.05. The van der Waals surface area contributed by atoms with Gasteiger partial charge in [0.05, 0.1) is 12.0 Å². The van der Waals surface area contributed by atoms with Crippen molar-refractivity contribution in [1.29, 1.82) is 0 Å². The van der Waals surface area contributed by atoms with Crippen LogP contribution >= 0.6 is 11.8 Å². The van der Waals surface area contributed by atoms with Gasteiger partial charge in [0.25, 0.3) is 11.1 Å². The van der Waals surface area contributed by atoms with Gasteiger partial charge in [0, 0.05) is 17.1 Å². The van der Waals surface area contributed by atoms with Crippen LogP contribution in [0.3, 0.4) is 0 Å². The summed E-state index contributed by atoms with van der Waals surface area (Å²) in [5.74, 6) is -1.05. The van der Waals surface area contributed by atoms with E-state index in [1.54, 1.807) is 13.2 Å². The summed E-state index contributed by atoms with van der Waals surface area (Å²) in [6.45, 7) is 3.24. The summed E-state index contributed by atoms with van der Waals surface area (Å²) in [4.78, 5) is 36.0. The molecule has 0 radical (unpaired) electrons. The molecule has 8 heteroatoms. The molecule has 0 bridgehead atoms. The largest absolute Gasteiger partial charge is 0.497 e. The van der Waals surface area contributed by atoms with Gasteiger partial charge in [-0.2, -0.15) is 0 Å². The number of carbonyl (C=O) groups excluding carboxylic acids is 2. The van der Waals surface area contributed by atoms with Gasteiger partial charge in [0.1, 0.15) is 12.3 Å². The molecule has 0 unspecified atom stereocenters. The maximum absolute atomic E-state index is 12.3. The molecule has 2 heterocycles. The fourth-order valence-electron chi connectivity index (χ4n) is 2.98. The van der Waals surface area contributed by atoms with E-state index >= 15 is 0 Å². The van der Waals surface area contributed by atoms with E-state index in [0.717, 1.165) is 45.1 Å². The quantitative estimate of drug-likeness (QED) is 0.794. The number of nitrogens with zero attached hydrogens (tertiary/aromatic N) is 2. The number of methoxy groups -OCH3 is 1. The summed E-state index contributed by atoms with van der Waals surface area (Å²) in [6, 6.07) is 9.52. The number of carbonyl (C=O) groups is 3. The Hall–Kier alpha value is -3.00. The number of amides is 2. The first kappa shape index (κ1) is 18.8. The Balaban J connectivity index is 1.95. The number of aryl methyl sites for hydroxylation is 1. The Labute approximate surface area is 160 Å². The van der Waals surface area contributed by atoms with Gasteiger partial charge in [-0.15, -0.1) is 0 Å². The van der Waals surface area contributed by atoms with Crippen LogP contribution in [0, 0.1) is 13.8 Å². The number of thioether (sulfide) groups is 1. The van der Waals surface area contributed by atoms with Crippen LogP contribution in [-0.4, -0.2) is 45.3 Å². The average molecular weight is 386 g/mol. The van der Waals surface area contributed by atoms with Crippen molar-refractivity contribution in [3.05, 3.63) is 52.2 Å². The molecule has 0 aliphatic carbocycles. The standard InChI is InChI=1S/C19H18N2O5S/c1-11-8-13(9-16-18(24)20(10-17(22)23)19(25)27-16)12(2)21(11)14-4-6-15(26-3)7-5-14/h4-9H,10H2,1-3H3,(H,22,23)/b16-9+. The predicted molar refractivity (Wildman–Crippen MR) is 102 cm³/mol. The Bertz CT molecular complexity index is 959. The third kappa shape index (κ3) is 3.61. The molecule has 27 heavy (non-hydrogen) atoms. The van der Waals surface area contributed by atoms with Gasteiger partial charge in [-0.05, 0) is 67.6 Å². The van der Waals surface area contributed by atoms with Crippen LogP contribution in [0.4, 0.5) is 4.79 Å². The fraction of sp³-hybridized carbons (Fsp3) is 0.211. The molecular weight excluding hydrogens is 368 g/mol. The van der Waals surface area contributed by atoms with Crippen molar-refractivity contribution in [3.63, 3.8) is 0 Å². The molecule has 7 nitrogen and oxygen atoms in total. The number of imide groups is 1. The molecule has 1 N–H and O–H groups in total. The molecule has 140 valence electrons. The van der Waals surface area contributed by atoms with Crippen LogP contribution < -0.4 is 4.74 Å². The zero-order chi connectivity index (χ0) is 19.7. The molecule has 1 aliphatic rings. The van der Waals surface area contributed by atoms with E-state index in [4.69, 9.17) is 9.84 Å². The van der Waals surface area contributed by atoms with Crippen molar-refractivity contribution in [2.45, 2.75) is 13.8 Å². The summed E-state index contributed by atoms with van der Waals surface area (Å²) in [5.41, 5.74) is 3.62. The highest BCUT2D eigenvalue weighted by atomic mass is 32.2. The zero-order valence-corrected chi connectivity index (χ0v) is 15.9. The molecule has 1 aromatic heterocycles. The fourth-order valence-corrected chi connectivity index (χ4v) is 3.80. The van der Waals surface area contributed by atoms with E-state index in [1.807, 2.05) is 48.7 Å². The number of aromatic nitrogens is 1. The number of benzene rings is 1. The van der Waals surface area contributed by atoms with Gasteiger partial charge in [0.2, 0.25) is 0 Å². The smallest absolute Gasteiger partial charge is 0.323 e. The third-order valence-corrected chi connectivity index (χ3v) is 5.16.